The Morgan fingerprint density at radius 1 is 0.731 bits per heavy atom. The minimum absolute atomic E-state index is 0.196. The summed E-state index contributed by atoms with van der Waals surface area (Å²) in [4.78, 5) is 0. The zero-order chi connectivity index (χ0) is 17.6. The fourth-order valence-electron chi connectivity index (χ4n) is 4.73. The number of allylic oxidation sites excluding steroid dienone is 4. The summed E-state index contributed by atoms with van der Waals surface area (Å²) in [5.74, 6) is 0. The molecule has 0 nitrogen and oxygen atoms in total. The molecule has 0 amide bonds. The third kappa shape index (κ3) is 2.13. The Hall–Kier alpha value is -2.38. The van der Waals surface area contributed by atoms with Crippen LogP contribution < -0.4 is 0 Å². The van der Waals surface area contributed by atoms with Crippen molar-refractivity contribution in [1.29, 1.82) is 0 Å². The summed E-state index contributed by atoms with van der Waals surface area (Å²) in [7, 11) is 0. The molecule has 0 saturated carbocycles. The Balaban J connectivity index is 1.92. The first-order chi connectivity index (χ1) is 12.8. The summed E-state index contributed by atoms with van der Waals surface area (Å²) >= 11 is 3.61. The van der Waals surface area contributed by atoms with Gasteiger partial charge in [-0.1, -0.05) is 94.8 Å². The third-order valence-electron chi connectivity index (χ3n) is 5.73. The van der Waals surface area contributed by atoms with Crippen LogP contribution in [0.5, 0.6) is 0 Å². The average molecular weight is 399 g/mol. The second-order valence-electron chi connectivity index (χ2n) is 7.00. The second kappa shape index (κ2) is 6.10. The molecule has 1 heteroatoms. The SMILES string of the molecule is Brc1ccc(C2(c3ccccc3)C3=C(C=CCC3)c3ccccc32)cc1. The van der Waals surface area contributed by atoms with Crippen LogP contribution in [0.15, 0.2) is 101 Å². The summed E-state index contributed by atoms with van der Waals surface area (Å²) < 4.78 is 1.12. The van der Waals surface area contributed by atoms with E-state index in [4.69, 9.17) is 0 Å². The van der Waals surface area contributed by atoms with Crippen molar-refractivity contribution in [1.82, 2.24) is 0 Å². The number of benzene rings is 3. The summed E-state index contributed by atoms with van der Waals surface area (Å²) in [6.45, 7) is 0. The van der Waals surface area contributed by atoms with Crippen molar-refractivity contribution in [2.45, 2.75) is 18.3 Å². The maximum absolute atomic E-state index is 3.61. The van der Waals surface area contributed by atoms with E-state index in [1.54, 1.807) is 0 Å². The van der Waals surface area contributed by atoms with Crippen LogP contribution in [-0.4, -0.2) is 0 Å². The van der Waals surface area contributed by atoms with E-state index in [0.29, 0.717) is 0 Å². The van der Waals surface area contributed by atoms with Crippen molar-refractivity contribution in [3.8, 4) is 0 Å². The lowest BCUT2D eigenvalue weighted by Gasteiger charge is -2.36. The lowest BCUT2D eigenvalue weighted by atomic mass is 9.65. The molecule has 3 aromatic carbocycles. The first-order valence-corrected chi connectivity index (χ1v) is 9.93. The number of hydrogen-bond donors (Lipinski definition) is 0. The highest BCUT2D eigenvalue weighted by Crippen LogP contribution is 2.57. The first-order valence-electron chi connectivity index (χ1n) is 9.13. The molecule has 0 saturated heterocycles. The Kier molecular flexibility index (Phi) is 3.72. The monoisotopic (exact) mass is 398 g/mol. The van der Waals surface area contributed by atoms with Crippen molar-refractivity contribution in [3.05, 3.63) is 123 Å². The lowest BCUT2D eigenvalue weighted by Crippen LogP contribution is -2.30. The number of halogens is 1. The molecule has 3 aromatic rings. The van der Waals surface area contributed by atoms with Crippen LogP contribution in [0, 0.1) is 0 Å². The van der Waals surface area contributed by atoms with E-state index < -0.39 is 0 Å². The van der Waals surface area contributed by atoms with Gasteiger partial charge in [-0.3, -0.25) is 0 Å². The van der Waals surface area contributed by atoms with Gasteiger partial charge in [0.15, 0.2) is 0 Å². The van der Waals surface area contributed by atoms with Crippen molar-refractivity contribution >= 4 is 21.5 Å². The Morgan fingerprint density at radius 3 is 2.23 bits per heavy atom. The van der Waals surface area contributed by atoms with Crippen LogP contribution in [0.25, 0.3) is 5.57 Å². The summed E-state index contributed by atoms with van der Waals surface area (Å²) in [5, 5.41) is 0. The van der Waals surface area contributed by atoms with Gasteiger partial charge in [0.05, 0.1) is 5.41 Å². The average Bonchev–Trinajstić information content (AvgIpc) is 3.01. The number of rotatable bonds is 2. The normalized spacial score (nSPS) is 20.8. The topological polar surface area (TPSA) is 0 Å². The maximum Gasteiger partial charge on any atom is 0.0676 e. The zero-order valence-corrected chi connectivity index (χ0v) is 16.0. The van der Waals surface area contributed by atoms with E-state index in [2.05, 4.69) is 107 Å². The van der Waals surface area contributed by atoms with Crippen molar-refractivity contribution in [2.24, 2.45) is 0 Å². The van der Waals surface area contributed by atoms with Crippen molar-refractivity contribution in [3.63, 3.8) is 0 Å². The molecule has 0 bridgehead atoms. The van der Waals surface area contributed by atoms with Crippen LogP contribution in [-0.2, 0) is 5.41 Å². The highest BCUT2D eigenvalue weighted by atomic mass is 79.9. The van der Waals surface area contributed by atoms with Crippen molar-refractivity contribution in [2.75, 3.05) is 0 Å². The standard InChI is InChI=1S/C25H19Br/c26-20-16-14-19(15-17-20)25(18-8-2-1-3-9-18)23-12-6-4-10-21(23)22-11-5-7-13-24(22)25/h1-6,8-12,14-17H,7,13H2. The van der Waals surface area contributed by atoms with E-state index >= 15 is 0 Å². The Bertz CT molecular complexity index is 1030. The second-order valence-corrected chi connectivity index (χ2v) is 7.92. The molecule has 1 unspecified atom stereocenters. The first kappa shape index (κ1) is 15.8. The van der Waals surface area contributed by atoms with Gasteiger partial charge in [0, 0.05) is 4.47 Å². The lowest BCUT2D eigenvalue weighted by molar-refractivity contribution is 0.696. The molecule has 126 valence electrons. The van der Waals surface area contributed by atoms with Crippen molar-refractivity contribution < 1.29 is 0 Å². The molecule has 5 rings (SSSR count). The molecule has 0 heterocycles. The predicted molar refractivity (Wildman–Crippen MR) is 112 cm³/mol. The Morgan fingerprint density at radius 2 is 1.42 bits per heavy atom. The van der Waals surface area contributed by atoms with Crippen LogP contribution in [0.4, 0.5) is 0 Å². The highest BCUT2D eigenvalue weighted by Gasteiger charge is 2.46. The third-order valence-corrected chi connectivity index (χ3v) is 6.26. The maximum atomic E-state index is 3.61. The quantitative estimate of drug-likeness (QED) is 0.440. The van der Waals surface area contributed by atoms with E-state index in [1.165, 1.54) is 33.4 Å². The Labute approximate surface area is 163 Å². The van der Waals surface area contributed by atoms with Gasteiger partial charge in [0.1, 0.15) is 0 Å². The zero-order valence-electron chi connectivity index (χ0n) is 14.5. The van der Waals surface area contributed by atoms with Gasteiger partial charge in [0.2, 0.25) is 0 Å². The van der Waals surface area contributed by atoms with Crippen LogP contribution in [0.1, 0.15) is 35.1 Å². The minimum Gasteiger partial charge on any atom is -0.0836 e. The van der Waals surface area contributed by atoms with E-state index in [-0.39, 0.29) is 5.41 Å². The summed E-state index contributed by atoms with van der Waals surface area (Å²) in [5.41, 5.74) is 8.25. The van der Waals surface area contributed by atoms with Crippen LogP contribution in [0.2, 0.25) is 0 Å². The van der Waals surface area contributed by atoms with Crippen LogP contribution in [0.3, 0.4) is 0 Å². The molecular weight excluding hydrogens is 380 g/mol. The minimum atomic E-state index is -0.196. The van der Waals surface area contributed by atoms with Gasteiger partial charge in [-0.25, -0.2) is 0 Å². The molecule has 0 fully saturated rings. The summed E-state index contributed by atoms with van der Waals surface area (Å²) in [6.07, 6.45) is 6.86. The molecule has 0 radical (unpaired) electrons. The van der Waals surface area contributed by atoms with Gasteiger partial charge < -0.3 is 0 Å². The van der Waals surface area contributed by atoms with E-state index in [0.717, 1.165) is 17.3 Å². The molecule has 26 heavy (non-hydrogen) atoms. The van der Waals surface area contributed by atoms with Gasteiger partial charge in [0.25, 0.3) is 0 Å². The van der Waals surface area contributed by atoms with Crippen LogP contribution >= 0.6 is 15.9 Å². The number of hydrogen-bond acceptors (Lipinski definition) is 0. The summed E-state index contributed by atoms with van der Waals surface area (Å²) in [6, 6.07) is 28.8. The van der Waals surface area contributed by atoms with E-state index in [9.17, 15) is 0 Å². The predicted octanol–water partition coefficient (Wildman–Crippen LogP) is 6.90. The fraction of sp³-hybridized carbons (Fsp3) is 0.120. The largest absolute Gasteiger partial charge is 0.0836 e. The molecule has 0 aromatic heterocycles. The smallest absolute Gasteiger partial charge is 0.0676 e. The fourth-order valence-corrected chi connectivity index (χ4v) is 4.99. The van der Waals surface area contributed by atoms with Gasteiger partial charge in [-0.05, 0) is 58.4 Å². The van der Waals surface area contributed by atoms with Gasteiger partial charge >= 0.3 is 0 Å². The molecule has 2 aliphatic rings. The van der Waals surface area contributed by atoms with Gasteiger partial charge in [-0.2, -0.15) is 0 Å². The molecule has 0 spiro atoms. The highest BCUT2D eigenvalue weighted by molar-refractivity contribution is 9.10. The molecular formula is C25H19Br. The molecule has 0 aliphatic heterocycles. The molecule has 0 N–H and O–H groups in total. The number of fused-ring (bicyclic) bond motifs is 2. The molecule has 2 aliphatic carbocycles. The van der Waals surface area contributed by atoms with Gasteiger partial charge in [-0.15, -0.1) is 0 Å². The molecule has 1 atom stereocenters. The van der Waals surface area contributed by atoms with E-state index in [1.807, 2.05) is 0 Å².